The van der Waals surface area contributed by atoms with Crippen LogP contribution in [-0.4, -0.2) is 50.2 Å². The van der Waals surface area contributed by atoms with Crippen LogP contribution < -0.4 is 10.2 Å². The number of pyridine rings is 1. The van der Waals surface area contributed by atoms with Crippen molar-refractivity contribution in [3.05, 3.63) is 22.8 Å². The summed E-state index contributed by atoms with van der Waals surface area (Å²) in [5.41, 5.74) is 1.13. The van der Waals surface area contributed by atoms with Gasteiger partial charge in [0.1, 0.15) is 5.82 Å². The molecule has 0 aliphatic rings. The van der Waals surface area contributed by atoms with Crippen LogP contribution in [0.15, 0.2) is 12.3 Å². The molecule has 0 atom stereocenters. The molecule has 0 fully saturated rings. The molecule has 0 aliphatic heterocycles. The van der Waals surface area contributed by atoms with Crippen molar-refractivity contribution in [2.24, 2.45) is 0 Å². The summed E-state index contributed by atoms with van der Waals surface area (Å²) in [6.45, 7) is 8.97. The normalized spacial score (nSPS) is 11.1. The highest BCUT2D eigenvalue weighted by atomic mass is 35.5. The van der Waals surface area contributed by atoms with Crippen LogP contribution in [0.1, 0.15) is 25.8 Å². The van der Waals surface area contributed by atoms with E-state index in [-0.39, 0.29) is 0 Å². The van der Waals surface area contributed by atoms with E-state index in [0.29, 0.717) is 0 Å². The van der Waals surface area contributed by atoms with E-state index < -0.39 is 0 Å². The quantitative estimate of drug-likeness (QED) is 0.759. The highest BCUT2D eigenvalue weighted by Crippen LogP contribution is 2.24. The number of rotatable bonds is 9. The maximum Gasteiger partial charge on any atom is 0.147 e. The van der Waals surface area contributed by atoms with Gasteiger partial charge in [-0.1, -0.05) is 18.5 Å². The predicted molar refractivity (Wildman–Crippen MR) is 87.7 cm³/mol. The number of halogens is 1. The Balaban J connectivity index is 2.67. The van der Waals surface area contributed by atoms with Crippen molar-refractivity contribution in [1.82, 2.24) is 15.2 Å². The molecule has 0 saturated heterocycles. The van der Waals surface area contributed by atoms with Crippen molar-refractivity contribution in [2.45, 2.75) is 26.8 Å². The molecule has 5 heteroatoms. The molecule has 0 aliphatic carbocycles. The molecule has 20 heavy (non-hydrogen) atoms. The zero-order valence-electron chi connectivity index (χ0n) is 13.1. The molecule has 1 N–H and O–H groups in total. The zero-order chi connectivity index (χ0) is 15.0. The number of nitrogens with zero attached hydrogens (tertiary/aromatic N) is 3. The monoisotopic (exact) mass is 298 g/mol. The second kappa shape index (κ2) is 9.16. The fraction of sp³-hybridized carbons (Fsp3) is 0.667. The van der Waals surface area contributed by atoms with E-state index in [4.69, 9.17) is 11.6 Å². The van der Waals surface area contributed by atoms with E-state index in [9.17, 15) is 0 Å². The summed E-state index contributed by atoms with van der Waals surface area (Å²) in [5, 5.41) is 4.03. The minimum Gasteiger partial charge on any atom is -0.356 e. The number of hydrogen-bond donors (Lipinski definition) is 1. The van der Waals surface area contributed by atoms with Gasteiger partial charge in [0.15, 0.2) is 0 Å². The Labute approximate surface area is 128 Å². The first-order chi connectivity index (χ1) is 9.58. The predicted octanol–water partition coefficient (Wildman–Crippen LogP) is 2.62. The lowest BCUT2D eigenvalue weighted by atomic mass is 10.2. The first kappa shape index (κ1) is 17.2. The Morgan fingerprint density at radius 2 is 2.00 bits per heavy atom. The van der Waals surface area contributed by atoms with Crippen LogP contribution in [0.25, 0.3) is 0 Å². The Morgan fingerprint density at radius 1 is 1.25 bits per heavy atom. The maximum absolute atomic E-state index is 6.38. The van der Waals surface area contributed by atoms with Crippen molar-refractivity contribution >= 4 is 17.4 Å². The SMILES string of the molecule is CCNCc1cnc(N(CC)CCCN(C)C)c(Cl)c1. The van der Waals surface area contributed by atoms with E-state index in [0.717, 1.165) is 55.5 Å². The van der Waals surface area contributed by atoms with Crippen LogP contribution >= 0.6 is 11.6 Å². The van der Waals surface area contributed by atoms with Gasteiger partial charge in [-0.25, -0.2) is 4.98 Å². The second-order valence-corrected chi connectivity index (χ2v) is 5.57. The molecule has 0 bridgehead atoms. The summed E-state index contributed by atoms with van der Waals surface area (Å²) >= 11 is 6.38. The van der Waals surface area contributed by atoms with Crippen molar-refractivity contribution in [3.8, 4) is 0 Å². The molecule has 0 aromatic carbocycles. The lowest BCUT2D eigenvalue weighted by Gasteiger charge is -2.24. The third-order valence-corrected chi connectivity index (χ3v) is 3.45. The molecule has 0 spiro atoms. The van der Waals surface area contributed by atoms with Crippen LogP contribution in [-0.2, 0) is 6.54 Å². The van der Waals surface area contributed by atoms with Gasteiger partial charge in [-0.15, -0.1) is 0 Å². The topological polar surface area (TPSA) is 31.4 Å². The van der Waals surface area contributed by atoms with Gasteiger partial charge in [0.2, 0.25) is 0 Å². The van der Waals surface area contributed by atoms with E-state index in [1.165, 1.54) is 0 Å². The lowest BCUT2D eigenvalue weighted by Crippen LogP contribution is -2.28. The summed E-state index contributed by atoms with van der Waals surface area (Å²) in [6.07, 6.45) is 3.02. The summed E-state index contributed by atoms with van der Waals surface area (Å²) in [5.74, 6) is 0.896. The maximum atomic E-state index is 6.38. The summed E-state index contributed by atoms with van der Waals surface area (Å²) in [6, 6.07) is 2.02. The fourth-order valence-corrected chi connectivity index (χ4v) is 2.37. The highest BCUT2D eigenvalue weighted by molar-refractivity contribution is 6.33. The van der Waals surface area contributed by atoms with Gasteiger partial charge >= 0.3 is 0 Å². The van der Waals surface area contributed by atoms with E-state index >= 15 is 0 Å². The van der Waals surface area contributed by atoms with Crippen LogP contribution in [0.3, 0.4) is 0 Å². The van der Waals surface area contributed by atoms with Crippen molar-refractivity contribution < 1.29 is 0 Å². The molecule has 1 rings (SSSR count). The molecule has 1 heterocycles. The summed E-state index contributed by atoms with van der Waals surface area (Å²) in [7, 11) is 4.19. The number of aromatic nitrogens is 1. The first-order valence-electron chi connectivity index (χ1n) is 7.33. The lowest BCUT2D eigenvalue weighted by molar-refractivity contribution is 0.400. The number of anilines is 1. The van der Waals surface area contributed by atoms with Crippen LogP contribution in [0.5, 0.6) is 0 Å². The molecule has 1 aromatic heterocycles. The molecule has 0 amide bonds. The Bertz CT molecular complexity index is 395. The molecular weight excluding hydrogens is 272 g/mol. The fourth-order valence-electron chi connectivity index (χ4n) is 2.06. The Hall–Kier alpha value is -0.840. The van der Waals surface area contributed by atoms with Gasteiger partial charge in [0.05, 0.1) is 5.02 Å². The van der Waals surface area contributed by atoms with Crippen LogP contribution in [0.2, 0.25) is 5.02 Å². The van der Waals surface area contributed by atoms with Crippen molar-refractivity contribution in [1.29, 1.82) is 0 Å². The van der Waals surface area contributed by atoms with Gasteiger partial charge < -0.3 is 15.1 Å². The largest absolute Gasteiger partial charge is 0.356 e. The first-order valence-corrected chi connectivity index (χ1v) is 7.71. The third-order valence-electron chi connectivity index (χ3n) is 3.17. The van der Waals surface area contributed by atoms with Gasteiger partial charge in [-0.05, 0) is 52.2 Å². The van der Waals surface area contributed by atoms with E-state index in [1.54, 1.807) is 0 Å². The van der Waals surface area contributed by atoms with Gasteiger partial charge in [-0.2, -0.15) is 0 Å². The zero-order valence-corrected chi connectivity index (χ0v) is 13.9. The Kier molecular flexibility index (Phi) is 7.88. The Morgan fingerprint density at radius 3 is 2.55 bits per heavy atom. The van der Waals surface area contributed by atoms with E-state index in [1.807, 2.05) is 12.3 Å². The molecule has 1 aromatic rings. The highest BCUT2D eigenvalue weighted by Gasteiger charge is 2.11. The van der Waals surface area contributed by atoms with Gasteiger partial charge in [0, 0.05) is 25.8 Å². The number of nitrogens with one attached hydrogen (secondary N) is 1. The summed E-state index contributed by atoms with van der Waals surface area (Å²) < 4.78 is 0. The second-order valence-electron chi connectivity index (χ2n) is 5.17. The molecule has 4 nitrogen and oxygen atoms in total. The van der Waals surface area contributed by atoms with Crippen LogP contribution in [0.4, 0.5) is 5.82 Å². The van der Waals surface area contributed by atoms with Crippen molar-refractivity contribution in [3.63, 3.8) is 0 Å². The standard InChI is InChI=1S/C15H27ClN4/c1-5-17-11-13-10-14(16)15(18-12-13)20(6-2)9-7-8-19(3)4/h10,12,17H,5-9,11H2,1-4H3. The molecule has 114 valence electrons. The smallest absolute Gasteiger partial charge is 0.147 e. The molecule has 0 unspecified atom stereocenters. The average Bonchev–Trinajstić information content (AvgIpc) is 2.42. The third kappa shape index (κ3) is 5.65. The molecular formula is C15H27ClN4. The summed E-state index contributed by atoms with van der Waals surface area (Å²) in [4.78, 5) is 8.98. The molecule has 0 radical (unpaired) electrons. The minimum atomic E-state index is 0.743. The average molecular weight is 299 g/mol. The van der Waals surface area contributed by atoms with E-state index in [2.05, 4.69) is 48.0 Å². The van der Waals surface area contributed by atoms with Crippen LogP contribution in [0, 0.1) is 0 Å². The van der Waals surface area contributed by atoms with Crippen molar-refractivity contribution in [2.75, 3.05) is 45.2 Å². The number of hydrogen-bond acceptors (Lipinski definition) is 4. The minimum absolute atomic E-state index is 0.743. The van der Waals surface area contributed by atoms with Gasteiger partial charge in [-0.3, -0.25) is 0 Å². The molecule has 0 saturated carbocycles. The van der Waals surface area contributed by atoms with Gasteiger partial charge in [0.25, 0.3) is 0 Å².